The standard InChI is InChI=1S/C11H10N2O4/c12-6-9-10(13(14)15)2-1-3-11(9)17-8-4-5-16-7-8/h1-3,8H,4-5,7H2/t8-/m0/s1. The lowest BCUT2D eigenvalue weighted by Gasteiger charge is -2.12. The van der Waals surface area contributed by atoms with E-state index in [1.807, 2.05) is 6.07 Å². The first-order chi connectivity index (χ1) is 8.22. The van der Waals surface area contributed by atoms with Crippen molar-refractivity contribution in [3.63, 3.8) is 0 Å². The van der Waals surface area contributed by atoms with Gasteiger partial charge in [-0.1, -0.05) is 6.07 Å². The van der Waals surface area contributed by atoms with Crippen molar-refractivity contribution in [3.05, 3.63) is 33.9 Å². The van der Waals surface area contributed by atoms with Crippen molar-refractivity contribution in [2.45, 2.75) is 12.5 Å². The third kappa shape index (κ3) is 2.34. The van der Waals surface area contributed by atoms with E-state index in [0.717, 1.165) is 6.42 Å². The van der Waals surface area contributed by atoms with Crippen LogP contribution < -0.4 is 4.74 Å². The molecule has 2 rings (SSSR count). The van der Waals surface area contributed by atoms with E-state index in [4.69, 9.17) is 14.7 Å². The topological polar surface area (TPSA) is 85.4 Å². The number of benzene rings is 1. The van der Waals surface area contributed by atoms with Gasteiger partial charge in [-0.15, -0.1) is 0 Å². The Morgan fingerprint density at radius 2 is 2.41 bits per heavy atom. The van der Waals surface area contributed by atoms with Crippen LogP contribution in [0.3, 0.4) is 0 Å². The molecule has 1 aromatic rings. The average molecular weight is 234 g/mol. The van der Waals surface area contributed by atoms with Gasteiger partial charge in [0.25, 0.3) is 5.69 Å². The molecule has 0 N–H and O–H groups in total. The fourth-order valence-corrected chi connectivity index (χ4v) is 1.67. The molecule has 0 spiro atoms. The number of hydrogen-bond acceptors (Lipinski definition) is 5. The molecule has 0 aromatic heterocycles. The second-order valence-corrected chi connectivity index (χ2v) is 3.62. The highest BCUT2D eigenvalue weighted by Crippen LogP contribution is 2.29. The molecule has 0 bridgehead atoms. The maximum atomic E-state index is 10.7. The Balaban J connectivity index is 2.30. The smallest absolute Gasteiger partial charge is 0.290 e. The molecule has 0 radical (unpaired) electrons. The predicted octanol–water partition coefficient (Wildman–Crippen LogP) is 1.63. The molecule has 1 atom stereocenters. The maximum Gasteiger partial charge on any atom is 0.290 e. The van der Waals surface area contributed by atoms with E-state index in [2.05, 4.69) is 0 Å². The summed E-state index contributed by atoms with van der Waals surface area (Å²) in [5.41, 5.74) is -0.270. The number of nitrogens with zero attached hydrogens (tertiary/aromatic N) is 2. The molecule has 6 nitrogen and oxygen atoms in total. The molecule has 1 saturated heterocycles. The predicted molar refractivity (Wildman–Crippen MR) is 57.7 cm³/mol. The first kappa shape index (κ1) is 11.4. The Labute approximate surface area is 97.5 Å². The van der Waals surface area contributed by atoms with Gasteiger partial charge < -0.3 is 9.47 Å². The summed E-state index contributed by atoms with van der Waals surface area (Å²) >= 11 is 0. The Bertz CT molecular complexity index is 475. The van der Waals surface area contributed by atoms with Crippen LogP contribution in [0.1, 0.15) is 12.0 Å². The first-order valence-electron chi connectivity index (χ1n) is 5.14. The van der Waals surface area contributed by atoms with Crippen LogP contribution >= 0.6 is 0 Å². The molecule has 1 aliphatic heterocycles. The molecule has 17 heavy (non-hydrogen) atoms. The Kier molecular flexibility index (Phi) is 3.21. The molecule has 88 valence electrons. The largest absolute Gasteiger partial charge is 0.486 e. The number of rotatable bonds is 3. The molecule has 1 heterocycles. The van der Waals surface area contributed by atoms with Crippen LogP contribution in [0.2, 0.25) is 0 Å². The van der Waals surface area contributed by atoms with Crippen molar-refractivity contribution in [2.24, 2.45) is 0 Å². The lowest BCUT2D eigenvalue weighted by Crippen LogP contribution is -2.16. The quantitative estimate of drug-likeness (QED) is 0.586. The number of hydrogen-bond donors (Lipinski definition) is 0. The molecule has 1 fully saturated rings. The first-order valence-corrected chi connectivity index (χ1v) is 5.14. The summed E-state index contributed by atoms with van der Waals surface area (Å²) < 4.78 is 10.7. The highest BCUT2D eigenvalue weighted by Gasteiger charge is 2.23. The minimum atomic E-state index is -0.587. The van der Waals surface area contributed by atoms with Crippen molar-refractivity contribution >= 4 is 5.69 Å². The molecular formula is C11H10N2O4. The summed E-state index contributed by atoms with van der Waals surface area (Å²) in [4.78, 5) is 10.2. The summed E-state index contributed by atoms with van der Waals surface area (Å²) in [6.45, 7) is 1.06. The Morgan fingerprint density at radius 1 is 1.59 bits per heavy atom. The maximum absolute atomic E-state index is 10.7. The summed E-state index contributed by atoms with van der Waals surface area (Å²) in [6, 6.07) is 6.16. The van der Waals surface area contributed by atoms with Crippen LogP contribution in [0, 0.1) is 21.4 Å². The van der Waals surface area contributed by atoms with E-state index >= 15 is 0 Å². The molecular weight excluding hydrogens is 224 g/mol. The number of nitro benzene ring substituents is 1. The monoisotopic (exact) mass is 234 g/mol. The van der Waals surface area contributed by atoms with E-state index in [9.17, 15) is 10.1 Å². The van der Waals surface area contributed by atoms with E-state index in [1.54, 1.807) is 6.07 Å². The highest BCUT2D eigenvalue weighted by atomic mass is 16.6. The normalized spacial score (nSPS) is 18.6. The SMILES string of the molecule is N#Cc1c(O[C@H]2CCOC2)cccc1[N+](=O)[O-]. The minimum Gasteiger partial charge on any atom is -0.486 e. The summed E-state index contributed by atoms with van der Waals surface area (Å²) in [5, 5.41) is 19.7. The van der Waals surface area contributed by atoms with E-state index in [-0.39, 0.29) is 23.1 Å². The zero-order valence-electron chi connectivity index (χ0n) is 8.96. The van der Waals surface area contributed by atoms with Crippen LogP contribution in [0.25, 0.3) is 0 Å². The zero-order chi connectivity index (χ0) is 12.3. The van der Waals surface area contributed by atoms with Gasteiger partial charge in [-0.05, 0) is 6.07 Å². The van der Waals surface area contributed by atoms with Crippen molar-refractivity contribution in [1.29, 1.82) is 5.26 Å². The fourth-order valence-electron chi connectivity index (χ4n) is 1.67. The summed E-state index contributed by atoms with van der Waals surface area (Å²) in [5.74, 6) is 0.247. The average Bonchev–Trinajstić information content (AvgIpc) is 2.81. The lowest BCUT2D eigenvalue weighted by molar-refractivity contribution is -0.385. The molecule has 0 unspecified atom stereocenters. The number of nitro groups is 1. The molecule has 1 aromatic carbocycles. The number of nitriles is 1. The van der Waals surface area contributed by atoms with Crippen LogP contribution in [0.15, 0.2) is 18.2 Å². The van der Waals surface area contributed by atoms with Gasteiger partial charge in [0.1, 0.15) is 17.9 Å². The third-order valence-electron chi connectivity index (χ3n) is 2.49. The zero-order valence-corrected chi connectivity index (χ0v) is 8.96. The summed E-state index contributed by atoms with van der Waals surface area (Å²) in [7, 11) is 0. The van der Waals surface area contributed by atoms with Crippen LogP contribution in [0.4, 0.5) is 5.69 Å². The van der Waals surface area contributed by atoms with E-state index in [1.165, 1.54) is 12.1 Å². The van der Waals surface area contributed by atoms with Gasteiger partial charge in [0.05, 0.1) is 18.1 Å². The lowest BCUT2D eigenvalue weighted by atomic mass is 10.1. The van der Waals surface area contributed by atoms with E-state index in [0.29, 0.717) is 13.2 Å². The van der Waals surface area contributed by atoms with Crippen molar-refractivity contribution < 1.29 is 14.4 Å². The van der Waals surface area contributed by atoms with Gasteiger partial charge in [0.15, 0.2) is 5.56 Å². The van der Waals surface area contributed by atoms with Crippen molar-refractivity contribution in [2.75, 3.05) is 13.2 Å². The van der Waals surface area contributed by atoms with Gasteiger partial charge in [-0.25, -0.2) is 0 Å². The molecule has 6 heteroatoms. The second kappa shape index (κ2) is 4.80. The van der Waals surface area contributed by atoms with Crippen molar-refractivity contribution in [1.82, 2.24) is 0 Å². The van der Waals surface area contributed by atoms with Gasteiger partial charge in [-0.3, -0.25) is 10.1 Å². The van der Waals surface area contributed by atoms with Gasteiger partial charge in [-0.2, -0.15) is 5.26 Å². The molecule has 0 amide bonds. The molecule has 0 saturated carbocycles. The Hall–Kier alpha value is -2.13. The van der Waals surface area contributed by atoms with Crippen LogP contribution in [0.5, 0.6) is 5.75 Å². The van der Waals surface area contributed by atoms with Crippen LogP contribution in [-0.2, 0) is 4.74 Å². The van der Waals surface area contributed by atoms with Crippen LogP contribution in [-0.4, -0.2) is 24.2 Å². The molecule has 0 aliphatic carbocycles. The van der Waals surface area contributed by atoms with Crippen molar-refractivity contribution in [3.8, 4) is 11.8 Å². The van der Waals surface area contributed by atoms with Gasteiger partial charge in [0, 0.05) is 12.5 Å². The van der Waals surface area contributed by atoms with Gasteiger partial charge >= 0.3 is 0 Å². The highest BCUT2D eigenvalue weighted by molar-refractivity contribution is 5.56. The van der Waals surface area contributed by atoms with E-state index < -0.39 is 4.92 Å². The number of ether oxygens (including phenoxy) is 2. The molecule has 1 aliphatic rings. The van der Waals surface area contributed by atoms with Gasteiger partial charge in [0.2, 0.25) is 0 Å². The minimum absolute atomic E-state index is 0.0376. The fraction of sp³-hybridized carbons (Fsp3) is 0.364. The third-order valence-corrected chi connectivity index (χ3v) is 2.49. The second-order valence-electron chi connectivity index (χ2n) is 3.62. The Morgan fingerprint density at radius 3 is 3.00 bits per heavy atom. The summed E-state index contributed by atoms with van der Waals surface area (Å²) in [6.07, 6.45) is 0.595.